The molecule has 0 amide bonds. The Bertz CT molecular complexity index is 1590. The standard InChI is InChI=1S/C26H28F2N8O2/c1-15-11-19-21(33(2)26(15)37)14-22(35-7-9-38-10-8-35)29-25(19)36-6-4-5-16-12-18(24-30-32-34(3)31-24)17(23(27)28)13-20(16)36/h11-14,23H,4-10H2,1-3H3. The minimum Gasteiger partial charge on any atom is -0.378 e. The zero-order valence-electron chi connectivity index (χ0n) is 21.5. The summed E-state index contributed by atoms with van der Waals surface area (Å²) in [5.41, 5.74) is 2.98. The number of halogens is 2. The number of nitrogens with zero attached hydrogens (tertiary/aromatic N) is 8. The van der Waals surface area contributed by atoms with E-state index in [0.717, 1.165) is 35.1 Å². The van der Waals surface area contributed by atoms with Crippen LogP contribution < -0.4 is 15.4 Å². The third-order valence-electron chi connectivity index (χ3n) is 7.31. The SMILES string of the molecule is Cc1cc2c(N3CCCc4cc(-c5nnn(C)n5)c(C(F)F)cc43)nc(N3CCOCC3)cc2n(C)c1=O. The van der Waals surface area contributed by atoms with Gasteiger partial charge in [-0.25, -0.2) is 13.8 Å². The molecule has 12 heteroatoms. The lowest BCUT2D eigenvalue weighted by molar-refractivity contribution is 0.122. The normalized spacial score (nSPS) is 15.9. The average molecular weight is 523 g/mol. The number of benzene rings is 1. The summed E-state index contributed by atoms with van der Waals surface area (Å²) in [4.78, 5) is 23.3. The molecule has 2 aliphatic rings. The number of pyridine rings is 2. The topological polar surface area (TPSA) is 94.2 Å². The van der Waals surface area contributed by atoms with Gasteiger partial charge in [0.05, 0.1) is 25.8 Å². The zero-order chi connectivity index (χ0) is 26.6. The minimum absolute atomic E-state index is 0.0808. The molecule has 1 saturated heterocycles. The van der Waals surface area contributed by atoms with Crippen molar-refractivity contribution in [2.24, 2.45) is 14.1 Å². The van der Waals surface area contributed by atoms with Gasteiger partial charge in [-0.15, -0.1) is 10.2 Å². The summed E-state index contributed by atoms with van der Waals surface area (Å²) in [6, 6.07) is 7.08. The lowest BCUT2D eigenvalue weighted by Gasteiger charge is -2.34. The van der Waals surface area contributed by atoms with Gasteiger partial charge in [-0.05, 0) is 48.7 Å². The van der Waals surface area contributed by atoms with E-state index < -0.39 is 6.43 Å². The Labute approximate surface area is 217 Å². The highest BCUT2D eigenvalue weighted by Crippen LogP contribution is 2.42. The number of hydrogen-bond acceptors (Lipinski definition) is 8. The van der Waals surface area contributed by atoms with Crippen molar-refractivity contribution >= 4 is 28.2 Å². The smallest absolute Gasteiger partial charge is 0.264 e. The Balaban J connectivity index is 1.57. The molecule has 0 aliphatic carbocycles. The molecule has 198 valence electrons. The number of hydrogen-bond donors (Lipinski definition) is 0. The summed E-state index contributed by atoms with van der Waals surface area (Å²) in [6.45, 7) is 4.92. The van der Waals surface area contributed by atoms with Crippen LogP contribution in [0.5, 0.6) is 0 Å². The molecule has 4 aromatic rings. The molecule has 38 heavy (non-hydrogen) atoms. The summed E-state index contributed by atoms with van der Waals surface area (Å²) in [5.74, 6) is 1.55. The van der Waals surface area contributed by atoms with Crippen LogP contribution in [0.2, 0.25) is 0 Å². The number of tetrazole rings is 1. The first-order valence-electron chi connectivity index (χ1n) is 12.6. The van der Waals surface area contributed by atoms with Gasteiger partial charge in [0, 0.05) is 60.5 Å². The third kappa shape index (κ3) is 4.08. The molecule has 0 radical (unpaired) electrons. The minimum atomic E-state index is -2.73. The second-order valence-electron chi connectivity index (χ2n) is 9.75. The van der Waals surface area contributed by atoms with Crippen LogP contribution in [0.1, 0.15) is 29.5 Å². The molecule has 5 heterocycles. The van der Waals surface area contributed by atoms with Crippen molar-refractivity contribution in [1.29, 1.82) is 0 Å². The third-order valence-corrected chi connectivity index (χ3v) is 7.31. The van der Waals surface area contributed by atoms with Gasteiger partial charge in [-0.2, -0.15) is 4.80 Å². The predicted octanol–water partition coefficient (Wildman–Crippen LogP) is 3.29. The van der Waals surface area contributed by atoms with Crippen LogP contribution in [0.15, 0.2) is 29.1 Å². The maximum atomic E-state index is 14.4. The molecule has 0 spiro atoms. The first-order chi connectivity index (χ1) is 18.3. The number of aryl methyl sites for hydroxylation is 4. The van der Waals surface area contributed by atoms with Gasteiger partial charge in [0.15, 0.2) is 0 Å². The first-order valence-corrected chi connectivity index (χ1v) is 12.6. The first kappa shape index (κ1) is 24.4. The number of anilines is 3. The molecule has 0 atom stereocenters. The fourth-order valence-corrected chi connectivity index (χ4v) is 5.38. The highest BCUT2D eigenvalue weighted by molar-refractivity contribution is 5.95. The second-order valence-corrected chi connectivity index (χ2v) is 9.75. The van der Waals surface area contributed by atoms with Gasteiger partial charge < -0.3 is 19.1 Å². The fourth-order valence-electron chi connectivity index (χ4n) is 5.38. The number of ether oxygens (including phenoxy) is 1. The number of morpholine rings is 1. The molecule has 1 fully saturated rings. The summed E-state index contributed by atoms with van der Waals surface area (Å²) >= 11 is 0. The Morgan fingerprint density at radius 3 is 2.55 bits per heavy atom. The largest absolute Gasteiger partial charge is 0.378 e. The van der Waals surface area contributed by atoms with E-state index in [1.165, 1.54) is 10.9 Å². The quantitative estimate of drug-likeness (QED) is 0.403. The summed E-state index contributed by atoms with van der Waals surface area (Å²) in [5, 5.41) is 12.8. The van der Waals surface area contributed by atoms with E-state index in [2.05, 4.69) is 20.3 Å². The van der Waals surface area contributed by atoms with E-state index in [1.807, 2.05) is 17.0 Å². The molecule has 0 saturated carbocycles. The van der Waals surface area contributed by atoms with Gasteiger partial charge in [-0.3, -0.25) is 4.79 Å². The second kappa shape index (κ2) is 9.43. The molecule has 0 bridgehead atoms. The molecule has 1 aromatic carbocycles. The van der Waals surface area contributed by atoms with Gasteiger partial charge in [0.1, 0.15) is 11.6 Å². The molecule has 6 rings (SSSR count). The van der Waals surface area contributed by atoms with E-state index >= 15 is 0 Å². The molecule has 3 aromatic heterocycles. The zero-order valence-corrected chi connectivity index (χ0v) is 21.5. The van der Waals surface area contributed by atoms with Crippen LogP contribution in [0.4, 0.5) is 26.1 Å². The molecular formula is C26H28F2N8O2. The summed E-state index contributed by atoms with van der Waals surface area (Å²) < 4.78 is 35.9. The lowest BCUT2D eigenvalue weighted by atomic mass is 9.94. The molecule has 10 nitrogen and oxygen atoms in total. The van der Waals surface area contributed by atoms with Crippen molar-refractivity contribution in [3.63, 3.8) is 0 Å². The Hall–Kier alpha value is -3.93. The highest BCUT2D eigenvalue weighted by Gasteiger charge is 2.28. The van der Waals surface area contributed by atoms with Crippen molar-refractivity contribution < 1.29 is 13.5 Å². The van der Waals surface area contributed by atoms with Gasteiger partial charge in [0.25, 0.3) is 12.0 Å². The predicted molar refractivity (Wildman–Crippen MR) is 139 cm³/mol. The van der Waals surface area contributed by atoms with Gasteiger partial charge >= 0.3 is 0 Å². The molecule has 0 unspecified atom stereocenters. The van der Waals surface area contributed by atoms with Crippen LogP contribution in [0.25, 0.3) is 22.3 Å². The van der Waals surface area contributed by atoms with E-state index in [-0.39, 0.29) is 22.5 Å². The number of fused-ring (bicyclic) bond motifs is 2. The van der Waals surface area contributed by atoms with Crippen LogP contribution in [-0.4, -0.2) is 62.6 Å². The van der Waals surface area contributed by atoms with Gasteiger partial charge in [0.2, 0.25) is 5.82 Å². The number of alkyl halides is 2. The highest BCUT2D eigenvalue weighted by atomic mass is 19.3. The molecule has 0 N–H and O–H groups in total. The van der Waals surface area contributed by atoms with Crippen molar-refractivity contribution in [2.75, 3.05) is 42.6 Å². The molecular weight excluding hydrogens is 494 g/mol. The van der Waals surface area contributed by atoms with Gasteiger partial charge in [-0.1, -0.05) is 0 Å². The Morgan fingerprint density at radius 1 is 1.05 bits per heavy atom. The van der Waals surface area contributed by atoms with E-state index in [0.29, 0.717) is 49.9 Å². The fraction of sp³-hybridized carbons (Fsp3) is 0.423. The van der Waals surface area contributed by atoms with Crippen LogP contribution in [0.3, 0.4) is 0 Å². The van der Waals surface area contributed by atoms with Crippen LogP contribution >= 0.6 is 0 Å². The van der Waals surface area contributed by atoms with Crippen molar-refractivity contribution in [2.45, 2.75) is 26.2 Å². The molecule has 2 aliphatic heterocycles. The van der Waals surface area contributed by atoms with E-state index in [9.17, 15) is 13.6 Å². The monoisotopic (exact) mass is 522 g/mol. The van der Waals surface area contributed by atoms with Crippen LogP contribution in [0, 0.1) is 6.92 Å². The van der Waals surface area contributed by atoms with Crippen molar-refractivity contribution in [3.05, 3.63) is 51.3 Å². The van der Waals surface area contributed by atoms with Crippen LogP contribution in [-0.2, 0) is 25.3 Å². The Morgan fingerprint density at radius 2 is 1.84 bits per heavy atom. The number of rotatable bonds is 4. The van der Waals surface area contributed by atoms with Crippen molar-refractivity contribution in [3.8, 4) is 11.4 Å². The van der Waals surface area contributed by atoms with E-state index in [4.69, 9.17) is 9.72 Å². The maximum absolute atomic E-state index is 14.4. The summed E-state index contributed by atoms with van der Waals surface area (Å²) in [7, 11) is 3.36. The maximum Gasteiger partial charge on any atom is 0.264 e. The summed E-state index contributed by atoms with van der Waals surface area (Å²) in [6.07, 6.45) is -1.19. The van der Waals surface area contributed by atoms with E-state index in [1.54, 1.807) is 31.7 Å². The van der Waals surface area contributed by atoms with Crippen molar-refractivity contribution in [1.82, 2.24) is 29.8 Å². The average Bonchev–Trinajstić information content (AvgIpc) is 3.37. The lowest BCUT2D eigenvalue weighted by Crippen LogP contribution is -2.37. The Kier molecular flexibility index (Phi) is 6.05. The number of aromatic nitrogens is 6.